The molecule has 2 unspecified atom stereocenters. The number of rotatable bonds is 0. The molecule has 0 bridgehead atoms. The molecule has 0 spiro atoms. The van der Waals surface area contributed by atoms with Crippen molar-refractivity contribution < 1.29 is 4.39 Å². The van der Waals surface area contributed by atoms with E-state index in [0.29, 0.717) is 12.5 Å². The van der Waals surface area contributed by atoms with Gasteiger partial charge in [-0.2, -0.15) is 0 Å². The van der Waals surface area contributed by atoms with Crippen molar-refractivity contribution in [2.45, 2.75) is 24.9 Å². The molecule has 2 rings (SSSR count). The number of likely N-dealkylation sites (tertiary alicyclic amines) is 1. The fourth-order valence-electron chi connectivity index (χ4n) is 2.46. The van der Waals surface area contributed by atoms with Gasteiger partial charge in [-0.15, -0.1) is 0 Å². The number of halogens is 1. The largest absolute Gasteiger partial charge is 0.303 e. The summed E-state index contributed by atoms with van der Waals surface area (Å²) in [5.74, 6) is 0.359. The molecule has 0 amide bonds. The third-order valence-electron chi connectivity index (χ3n) is 2.94. The van der Waals surface area contributed by atoms with Gasteiger partial charge in [0.2, 0.25) is 0 Å². The highest BCUT2D eigenvalue weighted by atomic mass is 19.1. The molecule has 2 aliphatic rings. The summed E-state index contributed by atoms with van der Waals surface area (Å²) in [5, 5.41) is 0. The summed E-state index contributed by atoms with van der Waals surface area (Å²) in [6.07, 6.45) is 3.03. The molecular formula is C8H14FN. The van der Waals surface area contributed by atoms with Crippen LogP contribution in [0.25, 0.3) is 0 Å². The second kappa shape index (κ2) is 1.94. The summed E-state index contributed by atoms with van der Waals surface area (Å²) in [6.45, 7) is 1.66. The summed E-state index contributed by atoms with van der Waals surface area (Å²) in [4.78, 5) is 2.11. The molecule has 10 heavy (non-hydrogen) atoms. The smallest absolute Gasteiger partial charge is 0.127 e. The Kier molecular flexibility index (Phi) is 1.28. The topological polar surface area (TPSA) is 3.24 Å². The van der Waals surface area contributed by atoms with Crippen LogP contribution in [0.4, 0.5) is 4.39 Å². The van der Waals surface area contributed by atoms with E-state index in [1.54, 1.807) is 0 Å². The Morgan fingerprint density at radius 2 is 2.40 bits per heavy atom. The zero-order chi connectivity index (χ0) is 7.19. The molecule has 1 aliphatic carbocycles. The van der Waals surface area contributed by atoms with E-state index in [1.807, 2.05) is 7.05 Å². The van der Waals surface area contributed by atoms with E-state index in [2.05, 4.69) is 4.90 Å². The summed E-state index contributed by atoms with van der Waals surface area (Å²) < 4.78 is 13.7. The maximum Gasteiger partial charge on any atom is 0.127 e. The van der Waals surface area contributed by atoms with Crippen molar-refractivity contribution in [2.75, 3.05) is 20.1 Å². The first-order chi connectivity index (χ1) is 4.71. The molecule has 2 fully saturated rings. The molecule has 1 aliphatic heterocycles. The van der Waals surface area contributed by atoms with Gasteiger partial charge in [-0.05, 0) is 26.3 Å². The molecule has 0 aromatic rings. The molecule has 1 saturated heterocycles. The highest BCUT2D eigenvalue weighted by molar-refractivity contribution is 5.00. The van der Waals surface area contributed by atoms with Crippen molar-refractivity contribution in [2.24, 2.45) is 5.92 Å². The van der Waals surface area contributed by atoms with E-state index in [4.69, 9.17) is 0 Å². The first-order valence-electron chi connectivity index (χ1n) is 4.08. The molecule has 2 heteroatoms. The fraction of sp³-hybridized carbons (Fsp3) is 1.00. The minimum absolute atomic E-state index is 0.359. The minimum Gasteiger partial charge on any atom is -0.303 e. The van der Waals surface area contributed by atoms with Crippen LogP contribution in [0.15, 0.2) is 0 Å². The zero-order valence-electron chi connectivity index (χ0n) is 6.44. The van der Waals surface area contributed by atoms with Gasteiger partial charge in [0.1, 0.15) is 5.67 Å². The van der Waals surface area contributed by atoms with Crippen molar-refractivity contribution in [1.29, 1.82) is 0 Å². The third kappa shape index (κ3) is 0.782. The predicted molar refractivity (Wildman–Crippen MR) is 38.7 cm³/mol. The molecule has 0 radical (unpaired) electrons. The molecule has 1 heterocycles. The van der Waals surface area contributed by atoms with Crippen molar-refractivity contribution in [3.63, 3.8) is 0 Å². The lowest BCUT2D eigenvalue weighted by molar-refractivity contribution is 0.149. The first kappa shape index (κ1) is 6.59. The Labute approximate surface area is 61.2 Å². The Balaban J connectivity index is 2.15. The van der Waals surface area contributed by atoms with Crippen molar-refractivity contribution in [3.05, 3.63) is 0 Å². The van der Waals surface area contributed by atoms with Crippen LogP contribution in [0.1, 0.15) is 19.3 Å². The summed E-state index contributed by atoms with van der Waals surface area (Å²) in [5.41, 5.74) is -0.797. The van der Waals surface area contributed by atoms with Crippen molar-refractivity contribution >= 4 is 0 Å². The van der Waals surface area contributed by atoms with Gasteiger partial charge in [-0.1, -0.05) is 0 Å². The van der Waals surface area contributed by atoms with Gasteiger partial charge in [0.15, 0.2) is 0 Å². The van der Waals surface area contributed by atoms with E-state index in [-0.39, 0.29) is 0 Å². The van der Waals surface area contributed by atoms with Gasteiger partial charge >= 0.3 is 0 Å². The average Bonchev–Trinajstić information content (AvgIpc) is 2.20. The molecule has 58 valence electrons. The number of hydrogen-bond donors (Lipinski definition) is 0. The Bertz CT molecular complexity index is 148. The Hall–Kier alpha value is -0.110. The molecule has 0 aromatic heterocycles. The zero-order valence-corrected chi connectivity index (χ0v) is 6.44. The van der Waals surface area contributed by atoms with Crippen LogP contribution in [-0.4, -0.2) is 30.7 Å². The summed E-state index contributed by atoms with van der Waals surface area (Å²) >= 11 is 0. The van der Waals surface area contributed by atoms with E-state index >= 15 is 0 Å². The van der Waals surface area contributed by atoms with Crippen LogP contribution >= 0.6 is 0 Å². The quantitative estimate of drug-likeness (QED) is 0.496. The van der Waals surface area contributed by atoms with Crippen molar-refractivity contribution in [1.82, 2.24) is 4.90 Å². The highest BCUT2D eigenvalue weighted by Gasteiger charge is 2.48. The molecule has 0 aromatic carbocycles. The van der Waals surface area contributed by atoms with E-state index < -0.39 is 5.67 Å². The minimum atomic E-state index is -0.797. The van der Waals surface area contributed by atoms with Crippen LogP contribution in [-0.2, 0) is 0 Å². The summed E-state index contributed by atoms with van der Waals surface area (Å²) in [6, 6.07) is 0. The maximum absolute atomic E-state index is 13.7. The number of fused-ring (bicyclic) bond motifs is 1. The molecule has 2 atom stereocenters. The maximum atomic E-state index is 13.7. The van der Waals surface area contributed by atoms with E-state index in [9.17, 15) is 4.39 Å². The van der Waals surface area contributed by atoms with Crippen LogP contribution in [0.2, 0.25) is 0 Å². The van der Waals surface area contributed by atoms with Crippen LogP contribution in [0, 0.1) is 5.92 Å². The first-order valence-corrected chi connectivity index (χ1v) is 4.08. The average molecular weight is 143 g/mol. The Morgan fingerprint density at radius 1 is 1.60 bits per heavy atom. The second-order valence-electron chi connectivity index (χ2n) is 3.82. The van der Waals surface area contributed by atoms with Gasteiger partial charge in [-0.25, -0.2) is 4.39 Å². The van der Waals surface area contributed by atoms with Gasteiger partial charge < -0.3 is 4.90 Å². The number of alkyl halides is 1. The van der Waals surface area contributed by atoms with Gasteiger partial charge in [0.05, 0.1) is 0 Å². The SMILES string of the molecule is CN1CC2CCCC2(F)C1. The molecule has 1 nitrogen and oxygen atoms in total. The third-order valence-corrected chi connectivity index (χ3v) is 2.94. The van der Waals surface area contributed by atoms with Crippen LogP contribution in [0.5, 0.6) is 0 Å². The lowest BCUT2D eigenvalue weighted by atomic mass is 9.97. The van der Waals surface area contributed by atoms with Gasteiger partial charge in [0.25, 0.3) is 0 Å². The standard InChI is InChI=1S/C8H14FN/c1-10-5-7-3-2-4-8(7,9)6-10/h7H,2-6H2,1H3. The highest BCUT2D eigenvalue weighted by Crippen LogP contribution is 2.43. The fourth-order valence-corrected chi connectivity index (χ4v) is 2.46. The van der Waals surface area contributed by atoms with Crippen LogP contribution in [0.3, 0.4) is 0 Å². The lowest BCUT2D eigenvalue weighted by Gasteiger charge is -2.16. The predicted octanol–water partition coefficient (Wildman–Crippen LogP) is 1.44. The molecule has 0 N–H and O–H groups in total. The van der Waals surface area contributed by atoms with E-state index in [1.165, 1.54) is 0 Å². The molecular weight excluding hydrogens is 129 g/mol. The summed E-state index contributed by atoms with van der Waals surface area (Å²) in [7, 11) is 2.01. The number of hydrogen-bond acceptors (Lipinski definition) is 1. The number of nitrogens with zero attached hydrogens (tertiary/aromatic N) is 1. The molecule has 1 saturated carbocycles. The van der Waals surface area contributed by atoms with Crippen LogP contribution < -0.4 is 0 Å². The van der Waals surface area contributed by atoms with Gasteiger partial charge in [-0.3, -0.25) is 0 Å². The Morgan fingerprint density at radius 3 is 3.10 bits per heavy atom. The van der Waals surface area contributed by atoms with Gasteiger partial charge in [0, 0.05) is 19.0 Å². The van der Waals surface area contributed by atoms with E-state index in [0.717, 1.165) is 25.8 Å². The monoisotopic (exact) mass is 143 g/mol. The normalized spacial score (nSPS) is 48.0. The lowest BCUT2D eigenvalue weighted by Crippen LogP contribution is -2.27. The second-order valence-corrected chi connectivity index (χ2v) is 3.82. The van der Waals surface area contributed by atoms with Crippen molar-refractivity contribution in [3.8, 4) is 0 Å².